The summed E-state index contributed by atoms with van der Waals surface area (Å²) >= 11 is 1.55. The monoisotopic (exact) mass is 373 g/mol. The maximum Gasteiger partial charge on any atom is 0.243 e. The number of halogens is 2. The summed E-state index contributed by atoms with van der Waals surface area (Å²) in [6, 6.07) is 2.44. The van der Waals surface area contributed by atoms with Crippen LogP contribution in [-0.2, 0) is 10.0 Å². The van der Waals surface area contributed by atoms with Crippen LogP contribution in [0.5, 0.6) is 0 Å². The second kappa shape index (κ2) is 7.12. The predicted octanol–water partition coefficient (Wildman–Crippen LogP) is 2.62. The summed E-state index contributed by atoms with van der Waals surface area (Å²) in [5.41, 5.74) is 0. The number of rotatable bonds is 5. The standard InChI is InChI=1S/C15H17F2N3O2S2/c16-12-3-4-14(13(17)8-12)24(21,22)19-9-11-2-1-6-20(10-11)15-18-5-7-23-15/h3-5,7-8,11,19H,1-2,6,9-10H2. The van der Waals surface area contributed by atoms with E-state index in [0.717, 1.165) is 36.7 Å². The number of nitrogens with zero attached hydrogens (tertiary/aromatic N) is 2. The van der Waals surface area contributed by atoms with Crippen LogP contribution in [0.3, 0.4) is 0 Å². The Balaban J connectivity index is 1.64. The van der Waals surface area contributed by atoms with Gasteiger partial charge in [-0.3, -0.25) is 0 Å². The molecule has 0 radical (unpaired) electrons. The molecular formula is C15H17F2N3O2S2. The molecule has 2 aromatic rings. The molecule has 1 saturated heterocycles. The molecule has 1 N–H and O–H groups in total. The second-order valence-corrected chi connectivity index (χ2v) is 8.30. The van der Waals surface area contributed by atoms with Gasteiger partial charge in [0.15, 0.2) is 5.13 Å². The molecule has 24 heavy (non-hydrogen) atoms. The number of anilines is 1. The summed E-state index contributed by atoms with van der Waals surface area (Å²) in [4.78, 5) is 5.87. The second-order valence-electron chi connectivity index (χ2n) is 5.70. The lowest BCUT2D eigenvalue weighted by molar-refractivity contribution is 0.410. The lowest BCUT2D eigenvalue weighted by Gasteiger charge is -2.32. The van der Waals surface area contributed by atoms with Crippen LogP contribution >= 0.6 is 11.3 Å². The van der Waals surface area contributed by atoms with Crippen molar-refractivity contribution in [1.82, 2.24) is 9.71 Å². The molecule has 0 spiro atoms. The van der Waals surface area contributed by atoms with Crippen LogP contribution in [-0.4, -0.2) is 33.0 Å². The van der Waals surface area contributed by atoms with Gasteiger partial charge in [-0.25, -0.2) is 26.9 Å². The highest BCUT2D eigenvalue weighted by Gasteiger charge is 2.25. The normalized spacial score (nSPS) is 18.8. The maximum atomic E-state index is 13.7. The smallest absolute Gasteiger partial charge is 0.243 e. The van der Waals surface area contributed by atoms with E-state index in [0.29, 0.717) is 12.6 Å². The van der Waals surface area contributed by atoms with Crippen molar-refractivity contribution in [3.8, 4) is 0 Å². The molecule has 1 aromatic heterocycles. The Morgan fingerprint density at radius 1 is 1.38 bits per heavy atom. The van der Waals surface area contributed by atoms with Gasteiger partial charge in [-0.05, 0) is 30.9 Å². The topological polar surface area (TPSA) is 62.3 Å². The van der Waals surface area contributed by atoms with E-state index in [4.69, 9.17) is 0 Å². The quantitative estimate of drug-likeness (QED) is 0.875. The highest BCUT2D eigenvalue weighted by Crippen LogP contribution is 2.25. The lowest BCUT2D eigenvalue weighted by atomic mass is 9.99. The number of nitrogens with one attached hydrogen (secondary N) is 1. The number of sulfonamides is 1. The fourth-order valence-electron chi connectivity index (χ4n) is 2.78. The van der Waals surface area contributed by atoms with Crippen LogP contribution in [0.2, 0.25) is 0 Å². The number of piperidine rings is 1. The minimum atomic E-state index is -4.00. The summed E-state index contributed by atoms with van der Waals surface area (Å²) < 4.78 is 53.5. The first-order valence-electron chi connectivity index (χ1n) is 7.55. The predicted molar refractivity (Wildman–Crippen MR) is 88.6 cm³/mol. The highest BCUT2D eigenvalue weighted by atomic mass is 32.2. The van der Waals surface area contributed by atoms with E-state index in [1.807, 2.05) is 5.38 Å². The Bertz CT molecular complexity index is 797. The molecule has 0 aliphatic carbocycles. The van der Waals surface area contributed by atoms with Crippen molar-refractivity contribution in [1.29, 1.82) is 0 Å². The van der Waals surface area contributed by atoms with E-state index in [1.165, 1.54) is 0 Å². The highest BCUT2D eigenvalue weighted by molar-refractivity contribution is 7.89. The van der Waals surface area contributed by atoms with E-state index in [9.17, 15) is 17.2 Å². The largest absolute Gasteiger partial charge is 0.348 e. The number of benzene rings is 1. The zero-order chi connectivity index (χ0) is 17.2. The number of aromatic nitrogens is 1. The van der Waals surface area contributed by atoms with E-state index in [-0.39, 0.29) is 12.5 Å². The van der Waals surface area contributed by atoms with Gasteiger partial charge in [0.25, 0.3) is 0 Å². The first-order chi connectivity index (χ1) is 11.5. The summed E-state index contributed by atoms with van der Waals surface area (Å²) in [5.74, 6) is -1.78. The first-order valence-corrected chi connectivity index (χ1v) is 9.91. The molecule has 1 aliphatic rings. The number of thiazole rings is 1. The molecule has 0 amide bonds. The average molecular weight is 373 g/mol. The molecule has 2 heterocycles. The molecule has 9 heteroatoms. The first kappa shape index (κ1) is 17.2. The SMILES string of the molecule is O=S(=O)(NCC1CCCN(c2nccs2)C1)c1ccc(F)cc1F. The van der Waals surface area contributed by atoms with Gasteiger partial charge in [-0.1, -0.05) is 0 Å². The van der Waals surface area contributed by atoms with Crippen LogP contribution in [0.4, 0.5) is 13.9 Å². The van der Waals surface area contributed by atoms with Crippen LogP contribution < -0.4 is 9.62 Å². The van der Waals surface area contributed by atoms with Crippen molar-refractivity contribution in [2.75, 3.05) is 24.5 Å². The average Bonchev–Trinajstić information content (AvgIpc) is 3.07. The van der Waals surface area contributed by atoms with Crippen LogP contribution in [0.15, 0.2) is 34.7 Å². The van der Waals surface area contributed by atoms with E-state index < -0.39 is 26.6 Å². The minimum absolute atomic E-state index is 0.112. The third-order valence-electron chi connectivity index (χ3n) is 3.95. The van der Waals surface area contributed by atoms with Gasteiger partial charge < -0.3 is 4.90 Å². The Labute approximate surface area is 143 Å². The van der Waals surface area contributed by atoms with Crippen molar-refractivity contribution in [3.05, 3.63) is 41.4 Å². The molecule has 0 saturated carbocycles. The Kier molecular flexibility index (Phi) is 5.12. The summed E-state index contributed by atoms with van der Waals surface area (Å²) in [6.45, 7) is 1.80. The lowest BCUT2D eigenvalue weighted by Crippen LogP contribution is -2.41. The third-order valence-corrected chi connectivity index (χ3v) is 6.24. The Morgan fingerprint density at radius 2 is 2.21 bits per heavy atom. The molecule has 1 aliphatic heterocycles. The van der Waals surface area contributed by atoms with Gasteiger partial charge in [-0.2, -0.15) is 0 Å². The van der Waals surface area contributed by atoms with E-state index in [1.54, 1.807) is 17.5 Å². The molecule has 0 bridgehead atoms. The molecule has 130 valence electrons. The van der Waals surface area contributed by atoms with Gasteiger partial charge >= 0.3 is 0 Å². The molecule has 5 nitrogen and oxygen atoms in total. The van der Waals surface area contributed by atoms with Gasteiger partial charge in [0.1, 0.15) is 16.5 Å². The maximum absolute atomic E-state index is 13.7. The van der Waals surface area contributed by atoms with E-state index in [2.05, 4.69) is 14.6 Å². The number of hydrogen-bond acceptors (Lipinski definition) is 5. The van der Waals surface area contributed by atoms with Crippen molar-refractivity contribution >= 4 is 26.5 Å². The molecule has 1 atom stereocenters. The van der Waals surface area contributed by atoms with Crippen molar-refractivity contribution in [2.45, 2.75) is 17.7 Å². The zero-order valence-corrected chi connectivity index (χ0v) is 14.4. The fourth-order valence-corrected chi connectivity index (χ4v) is 4.63. The van der Waals surface area contributed by atoms with Gasteiger partial charge in [0.05, 0.1) is 0 Å². The van der Waals surface area contributed by atoms with Crippen molar-refractivity contribution in [2.24, 2.45) is 5.92 Å². The van der Waals surface area contributed by atoms with Crippen LogP contribution in [0.1, 0.15) is 12.8 Å². The zero-order valence-electron chi connectivity index (χ0n) is 12.8. The summed E-state index contributed by atoms with van der Waals surface area (Å²) in [7, 11) is -4.00. The molecule has 1 aromatic carbocycles. The molecule has 3 rings (SSSR count). The van der Waals surface area contributed by atoms with Crippen LogP contribution in [0.25, 0.3) is 0 Å². The summed E-state index contributed by atoms with van der Waals surface area (Å²) in [5, 5.41) is 2.83. The molecular weight excluding hydrogens is 356 g/mol. The third kappa shape index (κ3) is 3.90. The summed E-state index contributed by atoms with van der Waals surface area (Å²) in [6.07, 6.45) is 3.57. The fraction of sp³-hybridized carbons (Fsp3) is 0.400. The van der Waals surface area contributed by atoms with Crippen molar-refractivity contribution in [3.63, 3.8) is 0 Å². The van der Waals surface area contributed by atoms with E-state index >= 15 is 0 Å². The van der Waals surface area contributed by atoms with Gasteiger partial charge in [-0.15, -0.1) is 11.3 Å². The Morgan fingerprint density at radius 3 is 2.92 bits per heavy atom. The molecule has 1 unspecified atom stereocenters. The Hall–Kier alpha value is -1.58. The van der Waals surface area contributed by atoms with Crippen molar-refractivity contribution < 1.29 is 17.2 Å². The van der Waals surface area contributed by atoms with Crippen LogP contribution in [0, 0.1) is 17.6 Å². The molecule has 1 fully saturated rings. The van der Waals surface area contributed by atoms with Gasteiger partial charge in [0, 0.05) is 37.3 Å². The number of hydrogen-bond donors (Lipinski definition) is 1. The van der Waals surface area contributed by atoms with Gasteiger partial charge in [0.2, 0.25) is 10.0 Å². The minimum Gasteiger partial charge on any atom is -0.348 e.